The molecule has 0 radical (unpaired) electrons. The molecule has 102 valence electrons. The zero-order valence-corrected chi connectivity index (χ0v) is 11.0. The van der Waals surface area contributed by atoms with Gasteiger partial charge in [0.05, 0.1) is 18.1 Å². The molecule has 2 nitrogen and oxygen atoms in total. The zero-order valence-electron chi connectivity index (χ0n) is 11.0. The van der Waals surface area contributed by atoms with Crippen LogP contribution in [-0.4, -0.2) is 18.1 Å². The molecule has 2 unspecified atom stereocenters. The predicted molar refractivity (Wildman–Crippen MR) is 67.0 cm³/mol. The third kappa shape index (κ3) is 2.99. The Bertz CT molecular complexity index is 365. The van der Waals surface area contributed by atoms with Gasteiger partial charge in [-0.2, -0.15) is 0 Å². The average molecular weight is 258 g/mol. The van der Waals surface area contributed by atoms with Crippen LogP contribution >= 0.6 is 0 Å². The normalized spacial score (nSPS) is 16.4. The molecule has 0 aliphatic rings. The van der Waals surface area contributed by atoms with Gasteiger partial charge in [0.2, 0.25) is 6.43 Å². The summed E-state index contributed by atoms with van der Waals surface area (Å²) < 4.78 is 30.9. The second kappa shape index (κ2) is 6.14. The number of hydrogen-bond acceptors (Lipinski definition) is 2. The minimum atomic E-state index is -2.55. The average Bonchev–Trinajstić information content (AvgIpc) is 2.38. The van der Waals surface area contributed by atoms with Gasteiger partial charge in [-0.25, -0.2) is 8.78 Å². The maximum absolute atomic E-state index is 12.8. The minimum absolute atomic E-state index is 0.243. The van der Waals surface area contributed by atoms with E-state index in [-0.39, 0.29) is 6.42 Å². The number of benzene rings is 1. The lowest BCUT2D eigenvalue weighted by Gasteiger charge is -2.33. The highest BCUT2D eigenvalue weighted by Crippen LogP contribution is 2.37. The summed E-state index contributed by atoms with van der Waals surface area (Å²) in [7, 11) is 0. The molecule has 0 amide bonds. The van der Waals surface area contributed by atoms with E-state index < -0.39 is 17.9 Å². The summed E-state index contributed by atoms with van der Waals surface area (Å²) in [4.78, 5) is 0. The van der Waals surface area contributed by atoms with E-state index in [1.54, 1.807) is 31.2 Å². The molecule has 2 atom stereocenters. The highest BCUT2D eigenvalue weighted by atomic mass is 19.3. The Hall–Kier alpha value is -1.16. The van der Waals surface area contributed by atoms with E-state index in [1.807, 2.05) is 6.92 Å². The Kier molecular flexibility index (Phi) is 5.08. The Labute approximate surface area is 107 Å². The molecule has 0 saturated carbocycles. The monoisotopic (exact) mass is 258 g/mol. The Morgan fingerprint density at radius 3 is 2.17 bits per heavy atom. The summed E-state index contributed by atoms with van der Waals surface area (Å²) >= 11 is 0. The molecule has 0 saturated heterocycles. The number of rotatable bonds is 6. The van der Waals surface area contributed by atoms with E-state index >= 15 is 0 Å². The highest BCUT2D eigenvalue weighted by molar-refractivity contribution is 5.31. The van der Waals surface area contributed by atoms with Gasteiger partial charge in [0.1, 0.15) is 5.75 Å². The maximum atomic E-state index is 12.8. The third-order valence-electron chi connectivity index (χ3n) is 3.34. The molecular formula is C14H20F2O2. The molecule has 1 aromatic carbocycles. The Morgan fingerprint density at radius 1 is 1.22 bits per heavy atom. The molecule has 0 heterocycles. The van der Waals surface area contributed by atoms with Crippen LogP contribution in [0.25, 0.3) is 0 Å². The van der Waals surface area contributed by atoms with Crippen molar-refractivity contribution in [2.75, 3.05) is 6.61 Å². The van der Waals surface area contributed by atoms with Crippen molar-refractivity contribution >= 4 is 0 Å². The molecule has 0 aliphatic heterocycles. The van der Waals surface area contributed by atoms with Crippen molar-refractivity contribution in [2.45, 2.75) is 39.2 Å². The topological polar surface area (TPSA) is 29.5 Å². The summed E-state index contributed by atoms with van der Waals surface area (Å²) in [6.07, 6.45) is -2.31. The quantitative estimate of drug-likeness (QED) is 0.845. The predicted octanol–water partition coefficient (Wildman–Crippen LogP) is 3.58. The number of aliphatic hydroxyl groups is 1. The first-order chi connectivity index (χ1) is 8.45. The largest absolute Gasteiger partial charge is 0.494 e. The molecule has 1 aromatic rings. The van der Waals surface area contributed by atoms with Crippen LogP contribution in [0.1, 0.15) is 32.8 Å². The second-order valence-corrected chi connectivity index (χ2v) is 4.36. The van der Waals surface area contributed by atoms with Gasteiger partial charge < -0.3 is 9.84 Å². The summed E-state index contributed by atoms with van der Waals surface area (Å²) in [5.74, 6) is -0.440. The molecule has 0 aliphatic carbocycles. The van der Waals surface area contributed by atoms with Gasteiger partial charge in [-0.3, -0.25) is 0 Å². The van der Waals surface area contributed by atoms with Crippen LogP contribution in [0.2, 0.25) is 0 Å². The van der Waals surface area contributed by atoms with Gasteiger partial charge in [-0.05, 0) is 31.0 Å². The SMILES string of the molecule is CCOc1ccc(C(O)(CC)C(C)C(F)F)cc1. The fraction of sp³-hybridized carbons (Fsp3) is 0.571. The minimum Gasteiger partial charge on any atom is -0.494 e. The maximum Gasteiger partial charge on any atom is 0.244 e. The van der Waals surface area contributed by atoms with Crippen molar-refractivity contribution in [1.82, 2.24) is 0 Å². The number of alkyl halides is 2. The summed E-state index contributed by atoms with van der Waals surface area (Å²) in [5, 5.41) is 10.4. The first kappa shape index (κ1) is 14.9. The van der Waals surface area contributed by atoms with Crippen molar-refractivity contribution in [1.29, 1.82) is 0 Å². The molecule has 0 aromatic heterocycles. The molecule has 18 heavy (non-hydrogen) atoms. The van der Waals surface area contributed by atoms with Crippen LogP contribution in [0.3, 0.4) is 0 Å². The van der Waals surface area contributed by atoms with Gasteiger partial charge in [0.25, 0.3) is 0 Å². The second-order valence-electron chi connectivity index (χ2n) is 4.36. The van der Waals surface area contributed by atoms with Gasteiger partial charge in [0, 0.05) is 0 Å². The summed E-state index contributed by atoms with van der Waals surface area (Å²) in [6.45, 7) is 5.49. The van der Waals surface area contributed by atoms with Gasteiger partial charge in [-0.15, -0.1) is 0 Å². The summed E-state index contributed by atoms with van der Waals surface area (Å²) in [6, 6.07) is 6.68. The van der Waals surface area contributed by atoms with E-state index in [1.165, 1.54) is 6.92 Å². The first-order valence-electron chi connectivity index (χ1n) is 6.19. The standard InChI is InChI=1S/C14H20F2O2/c1-4-14(17,10(3)13(15)16)11-6-8-12(9-7-11)18-5-2/h6-10,13,17H,4-5H2,1-3H3. The van der Waals surface area contributed by atoms with Gasteiger partial charge >= 0.3 is 0 Å². The zero-order chi connectivity index (χ0) is 13.8. The van der Waals surface area contributed by atoms with E-state index in [0.717, 1.165) is 0 Å². The molecule has 4 heteroatoms. The summed E-state index contributed by atoms with van der Waals surface area (Å²) in [5.41, 5.74) is -1.000. The number of hydrogen-bond donors (Lipinski definition) is 1. The lowest BCUT2D eigenvalue weighted by Crippen LogP contribution is -2.36. The Morgan fingerprint density at radius 2 is 1.78 bits per heavy atom. The molecule has 0 bridgehead atoms. The van der Waals surface area contributed by atoms with E-state index in [9.17, 15) is 13.9 Å². The molecular weight excluding hydrogens is 238 g/mol. The third-order valence-corrected chi connectivity index (χ3v) is 3.34. The highest BCUT2D eigenvalue weighted by Gasteiger charge is 2.39. The van der Waals surface area contributed by atoms with Crippen LogP contribution in [0, 0.1) is 5.92 Å². The van der Waals surface area contributed by atoms with E-state index in [4.69, 9.17) is 4.74 Å². The first-order valence-corrected chi connectivity index (χ1v) is 6.19. The van der Waals surface area contributed by atoms with Crippen LogP contribution in [-0.2, 0) is 5.60 Å². The Balaban J connectivity index is 3.01. The van der Waals surface area contributed by atoms with Crippen molar-refractivity contribution < 1.29 is 18.6 Å². The number of ether oxygens (including phenoxy) is 1. The van der Waals surface area contributed by atoms with Crippen molar-refractivity contribution in [3.05, 3.63) is 29.8 Å². The fourth-order valence-electron chi connectivity index (χ4n) is 2.00. The van der Waals surface area contributed by atoms with Crippen molar-refractivity contribution in [3.8, 4) is 5.75 Å². The lowest BCUT2D eigenvalue weighted by atomic mass is 9.80. The number of halogens is 2. The van der Waals surface area contributed by atoms with E-state index in [0.29, 0.717) is 17.9 Å². The van der Waals surface area contributed by atoms with Gasteiger partial charge in [0.15, 0.2) is 0 Å². The lowest BCUT2D eigenvalue weighted by molar-refractivity contribution is -0.0847. The van der Waals surface area contributed by atoms with E-state index in [2.05, 4.69) is 0 Å². The fourth-order valence-corrected chi connectivity index (χ4v) is 2.00. The van der Waals surface area contributed by atoms with Crippen molar-refractivity contribution in [3.63, 3.8) is 0 Å². The van der Waals surface area contributed by atoms with Crippen LogP contribution in [0.15, 0.2) is 24.3 Å². The van der Waals surface area contributed by atoms with Crippen LogP contribution in [0.5, 0.6) is 5.75 Å². The molecule has 0 spiro atoms. The smallest absolute Gasteiger partial charge is 0.244 e. The molecule has 0 fully saturated rings. The van der Waals surface area contributed by atoms with Crippen LogP contribution < -0.4 is 4.74 Å². The van der Waals surface area contributed by atoms with Gasteiger partial charge in [-0.1, -0.05) is 26.0 Å². The molecule has 1 rings (SSSR count). The molecule has 1 N–H and O–H groups in total. The van der Waals surface area contributed by atoms with Crippen LogP contribution in [0.4, 0.5) is 8.78 Å². The van der Waals surface area contributed by atoms with Crippen molar-refractivity contribution in [2.24, 2.45) is 5.92 Å².